The van der Waals surface area contributed by atoms with Crippen molar-refractivity contribution in [2.24, 2.45) is 0 Å². The van der Waals surface area contributed by atoms with Crippen molar-refractivity contribution in [3.05, 3.63) is 199 Å². The van der Waals surface area contributed by atoms with Gasteiger partial charge in [0.1, 0.15) is 11.3 Å². The Morgan fingerprint density at radius 2 is 0.947 bits per heavy atom. The van der Waals surface area contributed by atoms with Crippen LogP contribution in [0, 0.1) is 0 Å². The summed E-state index contributed by atoms with van der Waals surface area (Å²) in [5, 5.41) is 6.18. The Hall–Kier alpha value is -7.36. The van der Waals surface area contributed by atoms with Crippen LogP contribution in [0.2, 0.25) is 0 Å². The highest BCUT2D eigenvalue weighted by molar-refractivity contribution is 6.13. The van der Waals surface area contributed by atoms with Crippen LogP contribution >= 0.6 is 0 Å². The summed E-state index contributed by atoms with van der Waals surface area (Å²) in [4.78, 5) is 0. The number of aryl methyl sites for hydroxylation is 1. The molecule has 268 valence electrons. The van der Waals surface area contributed by atoms with Crippen molar-refractivity contribution in [3.63, 3.8) is 0 Å². The van der Waals surface area contributed by atoms with Gasteiger partial charge in [-0.05, 0) is 94.9 Å². The Kier molecular flexibility index (Phi) is 7.05. The summed E-state index contributed by atoms with van der Waals surface area (Å²) in [7, 11) is 0. The van der Waals surface area contributed by atoms with Gasteiger partial charge in [-0.2, -0.15) is 0 Å². The third kappa shape index (κ3) is 4.99. The van der Waals surface area contributed by atoms with Gasteiger partial charge in [-0.1, -0.05) is 133 Å². The first-order valence-corrected chi connectivity index (χ1v) is 19.8. The second-order valence-corrected chi connectivity index (χ2v) is 15.2. The molecule has 8 aromatic carbocycles. The van der Waals surface area contributed by atoms with Crippen LogP contribution in [-0.4, -0.2) is 9.13 Å². The van der Waals surface area contributed by atoms with Gasteiger partial charge in [0.15, 0.2) is 0 Å². The summed E-state index contributed by atoms with van der Waals surface area (Å²) in [6.07, 6.45) is 6.45. The minimum atomic E-state index is 0.956. The highest BCUT2D eigenvalue weighted by atomic mass is 16.3. The van der Waals surface area contributed by atoms with Gasteiger partial charge in [-0.15, -0.1) is 0 Å². The standard InChI is InChI=1S/C54H36N2O/c1-2-12-35(13-3-1)37-14-10-15-41(32-37)56-50-22-8-5-17-44(50)48-34-39(27-31-52(48)56)38-26-30-51-47(33-38)43-16-4-7-21-49(43)55(51)40-28-24-36(25-29-40)42-19-11-20-46-45-18-6-9-23-53(45)57-54(42)46/h1-8,10-22,24-34H,9,23H2. The Bertz CT molecular complexity index is 3390. The summed E-state index contributed by atoms with van der Waals surface area (Å²) < 4.78 is 11.3. The highest BCUT2D eigenvalue weighted by Gasteiger charge is 2.19. The van der Waals surface area contributed by atoms with Gasteiger partial charge in [0.2, 0.25) is 0 Å². The van der Waals surface area contributed by atoms with Crippen LogP contribution in [0.25, 0.3) is 105 Å². The molecule has 11 aromatic rings. The molecule has 0 amide bonds. The van der Waals surface area contributed by atoms with Crippen LogP contribution < -0.4 is 0 Å². The van der Waals surface area contributed by atoms with Crippen molar-refractivity contribution < 1.29 is 4.42 Å². The number of benzene rings is 8. The van der Waals surface area contributed by atoms with E-state index in [4.69, 9.17) is 4.42 Å². The summed E-state index contributed by atoms with van der Waals surface area (Å²) in [5.41, 5.74) is 16.4. The lowest BCUT2D eigenvalue weighted by Crippen LogP contribution is -1.94. The topological polar surface area (TPSA) is 23.0 Å². The van der Waals surface area contributed by atoms with Crippen molar-refractivity contribution in [2.45, 2.75) is 12.8 Å². The Labute approximate surface area is 330 Å². The monoisotopic (exact) mass is 728 g/mol. The Morgan fingerprint density at radius 3 is 1.67 bits per heavy atom. The zero-order chi connectivity index (χ0) is 37.5. The van der Waals surface area contributed by atoms with Crippen molar-refractivity contribution in [3.8, 4) is 44.8 Å². The smallest absolute Gasteiger partial charge is 0.142 e. The third-order valence-corrected chi connectivity index (χ3v) is 12.0. The maximum Gasteiger partial charge on any atom is 0.142 e. The van der Waals surface area contributed by atoms with Gasteiger partial charge in [-0.25, -0.2) is 0 Å². The van der Waals surface area contributed by atoms with E-state index in [9.17, 15) is 0 Å². The fourth-order valence-electron chi connectivity index (χ4n) is 9.31. The molecule has 3 aromatic heterocycles. The van der Waals surface area contributed by atoms with Crippen LogP contribution in [0.3, 0.4) is 0 Å². The number of hydrogen-bond acceptors (Lipinski definition) is 1. The molecule has 0 fully saturated rings. The summed E-state index contributed by atoms with van der Waals surface area (Å²) >= 11 is 0. The first-order chi connectivity index (χ1) is 28.3. The van der Waals surface area contributed by atoms with E-state index in [0.29, 0.717) is 0 Å². The molecule has 0 saturated carbocycles. The summed E-state index contributed by atoms with van der Waals surface area (Å²) in [6.45, 7) is 0. The third-order valence-electron chi connectivity index (χ3n) is 12.0. The molecule has 1 aliphatic carbocycles. The van der Waals surface area contributed by atoms with E-state index in [1.165, 1.54) is 76.8 Å². The first kappa shape index (κ1) is 31.9. The minimum Gasteiger partial charge on any atom is -0.460 e. The number of allylic oxidation sites excluding steroid dienone is 1. The van der Waals surface area contributed by atoms with Crippen molar-refractivity contribution >= 4 is 60.7 Å². The molecule has 0 radical (unpaired) electrons. The van der Waals surface area contributed by atoms with E-state index >= 15 is 0 Å². The van der Waals surface area contributed by atoms with E-state index in [0.717, 1.165) is 46.7 Å². The second-order valence-electron chi connectivity index (χ2n) is 15.2. The molecular weight excluding hydrogens is 693 g/mol. The number of hydrogen-bond donors (Lipinski definition) is 0. The fraction of sp³-hybridized carbons (Fsp3) is 0.0370. The zero-order valence-corrected chi connectivity index (χ0v) is 31.2. The first-order valence-electron chi connectivity index (χ1n) is 19.8. The maximum atomic E-state index is 6.47. The van der Waals surface area contributed by atoms with Gasteiger partial charge < -0.3 is 13.6 Å². The lowest BCUT2D eigenvalue weighted by atomic mass is 9.99. The molecule has 3 nitrogen and oxygen atoms in total. The molecule has 12 rings (SSSR count). The van der Waals surface area contributed by atoms with Gasteiger partial charge in [0.05, 0.1) is 22.1 Å². The fourth-order valence-corrected chi connectivity index (χ4v) is 9.31. The molecule has 0 N–H and O–H groups in total. The SMILES string of the molecule is C1=Cc2c(oc3c(-c4ccc(-n5c6ccccc6c6cc(-c7ccc8c(c7)c7ccccc7n8-c7cccc(-c8ccccc8)c7)ccc65)cc4)cccc23)CC1. The molecule has 57 heavy (non-hydrogen) atoms. The lowest BCUT2D eigenvalue weighted by molar-refractivity contribution is 0.547. The van der Waals surface area contributed by atoms with Crippen LogP contribution in [0.4, 0.5) is 0 Å². The molecule has 3 heteroatoms. The molecule has 0 spiro atoms. The Morgan fingerprint density at radius 1 is 0.386 bits per heavy atom. The normalized spacial score (nSPS) is 12.7. The van der Waals surface area contributed by atoms with E-state index in [1.807, 2.05) is 0 Å². The minimum absolute atomic E-state index is 0.956. The maximum absolute atomic E-state index is 6.47. The van der Waals surface area contributed by atoms with Crippen LogP contribution in [0.5, 0.6) is 0 Å². The predicted molar refractivity (Wildman–Crippen MR) is 239 cm³/mol. The molecule has 3 heterocycles. The van der Waals surface area contributed by atoms with Crippen molar-refractivity contribution in [2.75, 3.05) is 0 Å². The van der Waals surface area contributed by atoms with Crippen LogP contribution in [0.1, 0.15) is 17.7 Å². The molecule has 0 aliphatic heterocycles. The number of nitrogens with zero attached hydrogens (tertiary/aromatic N) is 2. The Balaban J connectivity index is 0.955. The van der Waals surface area contributed by atoms with Gasteiger partial charge >= 0.3 is 0 Å². The molecule has 0 bridgehead atoms. The van der Waals surface area contributed by atoms with Crippen LogP contribution in [0.15, 0.2) is 192 Å². The molecular formula is C54H36N2O. The van der Waals surface area contributed by atoms with E-state index in [2.05, 4.69) is 203 Å². The molecule has 1 aliphatic rings. The zero-order valence-electron chi connectivity index (χ0n) is 31.2. The van der Waals surface area contributed by atoms with E-state index < -0.39 is 0 Å². The highest BCUT2D eigenvalue weighted by Crippen LogP contribution is 2.40. The number of aromatic nitrogens is 2. The quantitative estimate of drug-likeness (QED) is 0.173. The number of furan rings is 1. The summed E-state index contributed by atoms with van der Waals surface area (Å²) in [6, 6.07) is 66.4. The lowest BCUT2D eigenvalue weighted by Gasteiger charge is -2.11. The van der Waals surface area contributed by atoms with Gasteiger partial charge in [0.25, 0.3) is 0 Å². The van der Waals surface area contributed by atoms with Crippen LogP contribution in [-0.2, 0) is 6.42 Å². The van der Waals surface area contributed by atoms with Gasteiger partial charge in [0, 0.05) is 55.9 Å². The molecule has 0 unspecified atom stereocenters. The molecule has 0 saturated heterocycles. The van der Waals surface area contributed by atoms with Crippen molar-refractivity contribution in [1.29, 1.82) is 0 Å². The van der Waals surface area contributed by atoms with E-state index in [-0.39, 0.29) is 0 Å². The number of rotatable bonds is 5. The number of fused-ring (bicyclic) bond motifs is 9. The average molecular weight is 729 g/mol. The largest absolute Gasteiger partial charge is 0.460 e. The second kappa shape index (κ2) is 12.6. The predicted octanol–water partition coefficient (Wildman–Crippen LogP) is 14.6. The molecule has 0 atom stereocenters. The number of para-hydroxylation sites is 3. The van der Waals surface area contributed by atoms with Crippen molar-refractivity contribution in [1.82, 2.24) is 9.13 Å². The van der Waals surface area contributed by atoms with E-state index in [1.54, 1.807) is 0 Å². The average Bonchev–Trinajstić information content (AvgIpc) is 3.94. The van der Waals surface area contributed by atoms with Gasteiger partial charge in [-0.3, -0.25) is 0 Å². The summed E-state index contributed by atoms with van der Waals surface area (Å²) in [5.74, 6) is 1.10.